The van der Waals surface area contributed by atoms with Crippen LogP contribution in [-0.4, -0.2) is 32.4 Å². The Kier molecular flexibility index (Phi) is 4.57. The van der Waals surface area contributed by atoms with Gasteiger partial charge in [0.15, 0.2) is 8.07 Å². The summed E-state index contributed by atoms with van der Waals surface area (Å²) in [6.45, 7) is 12.6. The van der Waals surface area contributed by atoms with Crippen LogP contribution in [-0.2, 0) is 10.1 Å². The van der Waals surface area contributed by atoms with Gasteiger partial charge < -0.3 is 14.6 Å². The van der Waals surface area contributed by atoms with Gasteiger partial charge in [0.2, 0.25) is 5.35 Å². The summed E-state index contributed by atoms with van der Waals surface area (Å²) in [4.78, 5) is 0. The highest BCUT2D eigenvalue weighted by atomic mass is 28.3. The highest BCUT2D eigenvalue weighted by Crippen LogP contribution is 2.44. The van der Waals surface area contributed by atoms with E-state index in [0.29, 0.717) is 0 Å². The van der Waals surface area contributed by atoms with E-state index in [4.69, 9.17) is 4.74 Å². The predicted octanol–water partition coefficient (Wildman–Crippen LogP) is 4.11. The molecule has 0 aliphatic carbocycles. The number of hydroxylamine groups is 3. The SMILES string of the molecule is CC(C)(C)OC(c1ccccc1)([N+](C)(C)[O-])[Si](C)(C)C. The van der Waals surface area contributed by atoms with Crippen molar-refractivity contribution in [2.24, 2.45) is 0 Å². The average molecular weight is 295 g/mol. The van der Waals surface area contributed by atoms with Crippen LogP contribution in [0.1, 0.15) is 26.3 Å². The topological polar surface area (TPSA) is 32.3 Å². The van der Waals surface area contributed by atoms with Crippen molar-refractivity contribution in [2.75, 3.05) is 14.1 Å². The van der Waals surface area contributed by atoms with Gasteiger partial charge in [0.25, 0.3) is 0 Å². The van der Waals surface area contributed by atoms with Crippen molar-refractivity contribution in [3.05, 3.63) is 41.1 Å². The molecule has 0 bridgehead atoms. The molecule has 0 heterocycles. The molecule has 1 aromatic carbocycles. The molecule has 3 nitrogen and oxygen atoms in total. The minimum atomic E-state index is -1.99. The van der Waals surface area contributed by atoms with Crippen molar-refractivity contribution in [1.29, 1.82) is 0 Å². The normalized spacial score (nSPS) is 16.9. The molecule has 0 spiro atoms. The Balaban J connectivity index is 3.61. The third-order valence-electron chi connectivity index (χ3n) is 3.39. The van der Waals surface area contributed by atoms with Crippen molar-refractivity contribution in [3.8, 4) is 0 Å². The Labute approximate surface area is 124 Å². The maximum atomic E-state index is 13.1. The summed E-state index contributed by atoms with van der Waals surface area (Å²) in [5, 5.41) is 12.3. The Hall–Kier alpha value is -0.683. The molecule has 0 aliphatic heterocycles. The molecule has 0 aliphatic rings. The van der Waals surface area contributed by atoms with Gasteiger partial charge in [-0.2, -0.15) is 0 Å². The van der Waals surface area contributed by atoms with Crippen LogP contribution in [0.25, 0.3) is 0 Å². The molecule has 0 radical (unpaired) electrons. The number of ether oxygens (including phenoxy) is 1. The second-order valence-corrected chi connectivity index (χ2v) is 13.0. The largest absolute Gasteiger partial charge is 0.631 e. The van der Waals surface area contributed by atoms with Crippen molar-refractivity contribution >= 4 is 8.07 Å². The molecule has 1 atom stereocenters. The molecular formula is C16H29NO2Si. The maximum Gasteiger partial charge on any atom is 0.204 e. The fraction of sp³-hybridized carbons (Fsp3) is 0.625. The first-order valence-corrected chi connectivity index (χ1v) is 10.6. The average Bonchev–Trinajstić information content (AvgIpc) is 2.22. The van der Waals surface area contributed by atoms with Gasteiger partial charge >= 0.3 is 0 Å². The van der Waals surface area contributed by atoms with Crippen LogP contribution in [0.15, 0.2) is 30.3 Å². The molecule has 20 heavy (non-hydrogen) atoms. The van der Waals surface area contributed by atoms with Crippen molar-refractivity contribution < 1.29 is 9.38 Å². The van der Waals surface area contributed by atoms with Gasteiger partial charge in [0.05, 0.1) is 19.7 Å². The van der Waals surface area contributed by atoms with Crippen LogP contribution in [0.2, 0.25) is 19.6 Å². The summed E-state index contributed by atoms with van der Waals surface area (Å²) >= 11 is 0. The van der Waals surface area contributed by atoms with Crippen molar-refractivity contribution in [2.45, 2.75) is 51.4 Å². The van der Waals surface area contributed by atoms with Crippen molar-refractivity contribution in [1.82, 2.24) is 0 Å². The first-order valence-electron chi connectivity index (χ1n) is 7.12. The number of hydrogen-bond acceptors (Lipinski definition) is 2. The zero-order chi connectivity index (χ0) is 15.8. The molecule has 0 N–H and O–H groups in total. The fourth-order valence-corrected chi connectivity index (χ4v) is 6.24. The number of benzene rings is 1. The summed E-state index contributed by atoms with van der Waals surface area (Å²) in [5.74, 6) is 0. The van der Waals surface area contributed by atoms with E-state index >= 15 is 0 Å². The smallest absolute Gasteiger partial charge is 0.204 e. The Morgan fingerprint density at radius 2 is 1.45 bits per heavy atom. The monoisotopic (exact) mass is 295 g/mol. The quantitative estimate of drug-likeness (QED) is 0.362. The lowest BCUT2D eigenvalue weighted by molar-refractivity contribution is -0.920. The highest BCUT2D eigenvalue weighted by Gasteiger charge is 2.56. The molecule has 0 saturated carbocycles. The second kappa shape index (κ2) is 5.26. The molecule has 0 aromatic heterocycles. The van der Waals surface area contributed by atoms with Crippen molar-refractivity contribution in [3.63, 3.8) is 0 Å². The number of rotatable bonds is 4. The second-order valence-electron chi connectivity index (χ2n) is 7.83. The Morgan fingerprint density at radius 1 is 1.00 bits per heavy atom. The van der Waals surface area contributed by atoms with Gasteiger partial charge in [-0.05, 0) is 20.8 Å². The van der Waals surface area contributed by atoms with Gasteiger partial charge in [-0.25, -0.2) is 0 Å². The molecule has 1 aromatic rings. The minimum absolute atomic E-state index is 0.379. The van der Waals surface area contributed by atoms with Crippen LogP contribution in [0.4, 0.5) is 0 Å². The van der Waals surface area contributed by atoms with Crippen LogP contribution in [0.5, 0.6) is 0 Å². The molecule has 1 rings (SSSR count). The predicted molar refractivity (Wildman–Crippen MR) is 87.8 cm³/mol. The summed E-state index contributed by atoms with van der Waals surface area (Å²) < 4.78 is 5.99. The van der Waals surface area contributed by atoms with E-state index in [2.05, 4.69) is 19.6 Å². The summed E-state index contributed by atoms with van der Waals surface area (Å²) in [6, 6.07) is 9.96. The van der Waals surface area contributed by atoms with E-state index < -0.39 is 18.1 Å². The van der Waals surface area contributed by atoms with Gasteiger partial charge in [0, 0.05) is 5.56 Å². The third kappa shape index (κ3) is 3.31. The standard InChI is InChI=1S/C16H29NO2Si/c1-15(2,3)19-16(17(4,5)18,20(6,7)8)14-12-10-9-11-13-14/h9-13H,1-8H3. The van der Waals surface area contributed by atoms with E-state index in [1.165, 1.54) is 0 Å². The van der Waals surface area contributed by atoms with E-state index in [0.717, 1.165) is 5.56 Å². The molecule has 1 unspecified atom stereocenters. The molecule has 114 valence electrons. The molecular weight excluding hydrogens is 266 g/mol. The third-order valence-corrected chi connectivity index (χ3v) is 6.36. The van der Waals surface area contributed by atoms with Gasteiger partial charge in [-0.1, -0.05) is 50.0 Å². The first-order chi connectivity index (χ1) is 8.81. The number of quaternary nitrogens is 1. The molecule has 0 fully saturated rings. The highest BCUT2D eigenvalue weighted by molar-refractivity contribution is 6.78. The summed E-state index contributed by atoms with van der Waals surface area (Å²) in [6.07, 6.45) is 0. The minimum Gasteiger partial charge on any atom is -0.631 e. The lowest BCUT2D eigenvalue weighted by Gasteiger charge is -2.58. The maximum absolute atomic E-state index is 13.1. The number of nitrogens with zero attached hydrogens (tertiary/aromatic N) is 1. The first kappa shape index (κ1) is 17.4. The lowest BCUT2D eigenvalue weighted by Crippen LogP contribution is -2.69. The summed E-state index contributed by atoms with van der Waals surface area (Å²) in [7, 11) is 1.40. The van der Waals surface area contributed by atoms with Crippen LogP contribution < -0.4 is 0 Å². The zero-order valence-corrected chi connectivity index (χ0v) is 15.2. The van der Waals surface area contributed by atoms with Gasteiger partial charge in [-0.15, -0.1) is 0 Å². The van der Waals surface area contributed by atoms with E-state index in [1.807, 2.05) is 51.1 Å². The Morgan fingerprint density at radius 3 is 1.75 bits per heavy atom. The fourth-order valence-electron chi connectivity index (χ4n) is 2.98. The van der Waals surface area contributed by atoms with E-state index in [9.17, 15) is 5.21 Å². The van der Waals surface area contributed by atoms with Gasteiger partial charge in [-0.3, -0.25) is 0 Å². The zero-order valence-electron chi connectivity index (χ0n) is 14.2. The van der Waals surface area contributed by atoms with Crippen LogP contribution in [0, 0.1) is 5.21 Å². The number of hydrogen-bond donors (Lipinski definition) is 0. The Bertz CT molecular complexity index is 424. The lowest BCUT2D eigenvalue weighted by atomic mass is 10.1. The van der Waals surface area contributed by atoms with E-state index in [1.54, 1.807) is 14.1 Å². The van der Waals surface area contributed by atoms with Crippen LogP contribution >= 0.6 is 0 Å². The molecule has 4 heteroatoms. The van der Waals surface area contributed by atoms with Gasteiger partial charge in [0.1, 0.15) is 0 Å². The summed E-state index contributed by atoms with van der Waals surface area (Å²) in [5.41, 5.74) is 0.602. The van der Waals surface area contributed by atoms with Crippen LogP contribution in [0.3, 0.4) is 0 Å². The molecule has 0 amide bonds. The van der Waals surface area contributed by atoms with E-state index in [-0.39, 0.29) is 5.60 Å². The molecule has 0 saturated heterocycles.